The molecule has 0 aromatic heterocycles. The lowest BCUT2D eigenvalue weighted by molar-refractivity contribution is -0.124. The fourth-order valence-corrected chi connectivity index (χ4v) is 5.99. The Kier molecular flexibility index (Phi) is 8.23. The lowest BCUT2D eigenvalue weighted by Gasteiger charge is -2.30. The number of carbonyl (C=O) groups is 1. The molecular weight excluding hydrogens is 523 g/mol. The third-order valence-corrected chi connectivity index (χ3v) is 8.34. The van der Waals surface area contributed by atoms with Gasteiger partial charge in [0.2, 0.25) is 0 Å². The number of amidine groups is 1. The molecule has 1 aliphatic carbocycles. The number of hydrogen-bond donors (Lipinski definition) is 0. The van der Waals surface area contributed by atoms with Crippen molar-refractivity contribution >= 4 is 57.8 Å². The number of aliphatic imine (C=N–C) groups is 1. The molecule has 0 spiro atoms. The van der Waals surface area contributed by atoms with E-state index in [0.717, 1.165) is 47.7 Å². The molecule has 1 amide bonds. The summed E-state index contributed by atoms with van der Waals surface area (Å²) in [6.45, 7) is 2.40. The highest BCUT2D eigenvalue weighted by Crippen LogP contribution is 2.39. The van der Waals surface area contributed by atoms with Crippen LogP contribution < -0.4 is 4.74 Å². The molecule has 3 aromatic rings. The Morgan fingerprint density at radius 2 is 1.76 bits per heavy atom. The van der Waals surface area contributed by atoms with Crippen molar-refractivity contribution in [3.05, 3.63) is 98.4 Å². The van der Waals surface area contributed by atoms with E-state index in [-0.39, 0.29) is 11.9 Å². The summed E-state index contributed by atoms with van der Waals surface area (Å²) in [6, 6.07) is 21.5. The van der Waals surface area contributed by atoms with Gasteiger partial charge in [-0.25, -0.2) is 4.99 Å². The first-order valence-corrected chi connectivity index (χ1v) is 14.1. The monoisotopic (exact) mass is 550 g/mol. The van der Waals surface area contributed by atoms with Gasteiger partial charge >= 0.3 is 0 Å². The predicted octanol–water partition coefficient (Wildman–Crippen LogP) is 8.82. The number of hydrogen-bond acceptors (Lipinski definition) is 4. The molecule has 4 nitrogen and oxygen atoms in total. The normalized spacial score (nSPS) is 18.7. The molecule has 0 bridgehead atoms. The van der Waals surface area contributed by atoms with Crippen LogP contribution in [0, 0.1) is 6.92 Å². The van der Waals surface area contributed by atoms with E-state index >= 15 is 0 Å². The Morgan fingerprint density at radius 3 is 2.51 bits per heavy atom. The smallest absolute Gasteiger partial charge is 0.267 e. The molecule has 7 heteroatoms. The molecule has 0 atom stereocenters. The molecule has 1 saturated heterocycles. The van der Waals surface area contributed by atoms with Crippen molar-refractivity contribution in [1.82, 2.24) is 4.90 Å². The number of rotatable bonds is 6. The Labute approximate surface area is 232 Å². The van der Waals surface area contributed by atoms with Crippen LogP contribution in [0.15, 0.2) is 76.6 Å². The number of aryl methyl sites for hydroxylation is 1. The van der Waals surface area contributed by atoms with E-state index in [9.17, 15) is 4.79 Å². The van der Waals surface area contributed by atoms with Crippen LogP contribution in [0.1, 0.15) is 48.8 Å². The SMILES string of the molecule is Cc1ccc(N=C2S/C(=C/c3ccccc3OCc3ccc(Cl)c(Cl)c3)C(=O)N2C2CCCCC2)cc1. The maximum Gasteiger partial charge on any atom is 0.267 e. The molecule has 1 saturated carbocycles. The van der Waals surface area contributed by atoms with Gasteiger partial charge in [-0.1, -0.05) is 84.4 Å². The van der Waals surface area contributed by atoms with Crippen LogP contribution in [0.5, 0.6) is 5.75 Å². The standard InChI is InChI=1S/C30H28Cl2N2O2S/c1-20-11-14-23(15-12-20)33-30-34(24-8-3-2-4-9-24)29(35)28(37-30)18-22-7-5-6-10-27(22)36-19-21-13-16-25(31)26(32)17-21/h5-7,10-18,24H,2-4,8-9,19H2,1H3/b28-18+,33-30?. The summed E-state index contributed by atoms with van der Waals surface area (Å²) < 4.78 is 6.13. The van der Waals surface area contributed by atoms with E-state index in [1.54, 1.807) is 12.1 Å². The van der Waals surface area contributed by atoms with Gasteiger partial charge < -0.3 is 4.74 Å². The summed E-state index contributed by atoms with van der Waals surface area (Å²) in [4.78, 5) is 21.2. The van der Waals surface area contributed by atoms with Crippen molar-refractivity contribution in [2.45, 2.75) is 51.7 Å². The first-order valence-electron chi connectivity index (χ1n) is 12.5. The van der Waals surface area contributed by atoms with Gasteiger partial charge in [-0.2, -0.15) is 0 Å². The van der Waals surface area contributed by atoms with Crippen LogP contribution in [0.4, 0.5) is 5.69 Å². The number of carbonyl (C=O) groups excluding carboxylic acids is 1. The summed E-state index contributed by atoms with van der Waals surface area (Å²) in [7, 11) is 0. The summed E-state index contributed by atoms with van der Waals surface area (Å²) in [5.74, 6) is 0.713. The second-order valence-electron chi connectivity index (χ2n) is 9.38. The highest BCUT2D eigenvalue weighted by molar-refractivity contribution is 8.18. The third-order valence-electron chi connectivity index (χ3n) is 6.62. The quantitative estimate of drug-likeness (QED) is 0.288. The van der Waals surface area contributed by atoms with E-state index in [1.807, 2.05) is 65.6 Å². The largest absolute Gasteiger partial charge is 0.488 e. The first-order chi connectivity index (χ1) is 18.0. The van der Waals surface area contributed by atoms with Crippen LogP contribution in [0.2, 0.25) is 10.0 Å². The lowest BCUT2D eigenvalue weighted by Crippen LogP contribution is -2.40. The van der Waals surface area contributed by atoms with Crippen molar-refractivity contribution in [1.29, 1.82) is 0 Å². The molecule has 0 N–H and O–H groups in total. The molecule has 3 aromatic carbocycles. The fourth-order valence-electron chi connectivity index (χ4n) is 4.62. The molecule has 2 fully saturated rings. The number of para-hydroxylation sites is 1. The minimum Gasteiger partial charge on any atom is -0.488 e. The zero-order chi connectivity index (χ0) is 25.8. The minimum atomic E-state index is 0.0158. The average Bonchev–Trinajstić information content (AvgIpc) is 3.21. The van der Waals surface area contributed by atoms with Crippen molar-refractivity contribution in [3.63, 3.8) is 0 Å². The minimum absolute atomic E-state index is 0.0158. The summed E-state index contributed by atoms with van der Waals surface area (Å²) in [5, 5.41) is 1.76. The number of ether oxygens (including phenoxy) is 1. The molecule has 0 unspecified atom stereocenters. The third kappa shape index (κ3) is 6.23. The topological polar surface area (TPSA) is 41.9 Å². The molecule has 1 aliphatic heterocycles. The predicted molar refractivity (Wildman–Crippen MR) is 155 cm³/mol. The van der Waals surface area contributed by atoms with Crippen LogP contribution in [0.3, 0.4) is 0 Å². The Bertz CT molecular complexity index is 1350. The van der Waals surface area contributed by atoms with Crippen molar-refractivity contribution in [3.8, 4) is 5.75 Å². The summed E-state index contributed by atoms with van der Waals surface area (Å²) in [5.41, 5.74) is 3.80. The second-order valence-corrected chi connectivity index (χ2v) is 11.2. The van der Waals surface area contributed by atoms with Crippen molar-refractivity contribution in [2.24, 2.45) is 4.99 Å². The van der Waals surface area contributed by atoms with E-state index in [1.165, 1.54) is 23.7 Å². The van der Waals surface area contributed by atoms with Gasteiger partial charge in [0.1, 0.15) is 12.4 Å². The fraction of sp³-hybridized carbons (Fsp3) is 0.267. The lowest BCUT2D eigenvalue weighted by atomic mass is 9.94. The highest BCUT2D eigenvalue weighted by Gasteiger charge is 2.38. The van der Waals surface area contributed by atoms with Gasteiger partial charge in [0.15, 0.2) is 5.17 Å². The number of benzene rings is 3. The maximum atomic E-state index is 13.7. The first kappa shape index (κ1) is 25.9. The van der Waals surface area contributed by atoms with Gasteiger partial charge in [0.05, 0.1) is 20.6 Å². The van der Waals surface area contributed by atoms with Crippen LogP contribution >= 0.6 is 35.0 Å². The van der Waals surface area contributed by atoms with Gasteiger partial charge in [-0.05, 0) is 73.5 Å². The molecule has 0 radical (unpaired) electrons. The molecule has 1 heterocycles. The summed E-state index contributed by atoms with van der Waals surface area (Å²) >= 11 is 13.6. The Hall–Kier alpha value is -2.73. The van der Waals surface area contributed by atoms with Crippen LogP contribution in [-0.2, 0) is 11.4 Å². The van der Waals surface area contributed by atoms with Crippen molar-refractivity contribution < 1.29 is 9.53 Å². The van der Waals surface area contributed by atoms with E-state index in [0.29, 0.717) is 27.3 Å². The second kappa shape index (κ2) is 11.8. The van der Waals surface area contributed by atoms with Crippen LogP contribution in [0.25, 0.3) is 6.08 Å². The molecule has 37 heavy (non-hydrogen) atoms. The van der Waals surface area contributed by atoms with Gasteiger partial charge in [0.25, 0.3) is 5.91 Å². The van der Waals surface area contributed by atoms with E-state index < -0.39 is 0 Å². The highest BCUT2D eigenvalue weighted by atomic mass is 35.5. The number of nitrogens with zero attached hydrogens (tertiary/aromatic N) is 2. The van der Waals surface area contributed by atoms with Gasteiger partial charge in [-0.15, -0.1) is 0 Å². The van der Waals surface area contributed by atoms with Gasteiger partial charge in [0, 0.05) is 11.6 Å². The Balaban J connectivity index is 1.43. The summed E-state index contributed by atoms with van der Waals surface area (Å²) in [6.07, 6.45) is 7.45. The zero-order valence-electron chi connectivity index (χ0n) is 20.6. The molecule has 2 aliphatic rings. The van der Waals surface area contributed by atoms with E-state index in [4.69, 9.17) is 32.9 Å². The zero-order valence-corrected chi connectivity index (χ0v) is 23.0. The van der Waals surface area contributed by atoms with Gasteiger partial charge in [-0.3, -0.25) is 9.69 Å². The average molecular weight is 552 g/mol. The number of halogens is 2. The molecule has 5 rings (SSSR count). The Morgan fingerprint density at radius 1 is 1.00 bits per heavy atom. The maximum absolute atomic E-state index is 13.7. The molecular formula is C30H28Cl2N2O2S. The number of amides is 1. The van der Waals surface area contributed by atoms with E-state index in [2.05, 4.69) is 6.92 Å². The number of thioether (sulfide) groups is 1. The van der Waals surface area contributed by atoms with Crippen LogP contribution in [-0.4, -0.2) is 22.0 Å². The molecule has 190 valence electrons. The van der Waals surface area contributed by atoms with Crippen molar-refractivity contribution in [2.75, 3.05) is 0 Å².